The molecule has 0 unspecified atom stereocenters. The summed E-state index contributed by atoms with van der Waals surface area (Å²) in [6.07, 6.45) is 5.95. The summed E-state index contributed by atoms with van der Waals surface area (Å²) in [6.45, 7) is 3.37. The van der Waals surface area contributed by atoms with Crippen molar-refractivity contribution in [2.24, 2.45) is 0 Å². The quantitative estimate of drug-likeness (QED) is 0.580. The maximum atomic E-state index is 12.5. The standard InChI is InChI=1S/C19H22N4O3S.K/c1-11-9-12(2)21-19(20-11)27(25,26)23-18(24)22-17-15-7-3-5-13(15)10-14-6-4-8-16(14)17;/h9-10H,3-8H2,1-2H3,(H2,22,23,24);. The van der Waals surface area contributed by atoms with E-state index in [1.165, 1.54) is 11.1 Å². The Labute approximate surface area is 207 Å². The predicted octanol–water partition coefficient (Wildman–Crippen LogP) is 2.20. The van der Waals surface area contributed by atoms with Gasteiger partial charge < -0.3 is 5.32 Å². The molecule has 2 aliphatic carbocycles. The third kappa shape index (κ3) is 4.34. The minimum atomic E-state index is -4.14. The smallest absolute Gasteiger partial charge is 0.307 e. The first-order chi connectivity index (χ1) is 12.8. The van der Waals surface area contributed by atoms with Gasteiger partial charge in [-0.3, -0.25) is 0 Å². The van der Waals surface area contributed by atoms with Crippen LogP contribution >= 0.6 is 0 Å². The van der Waals surface area contributed by atoms with Gasteiger partial charge >= 0.3 is 16.1 Å². The van der Waals surface area contributed by atoms with Gasteiger partial charge in [-0.15, -0.1) is 0 Å². The van der Waals surface area contributed by atoms with Crippen molar-refractivity contribution in [1.29, 1.82) is 0 Å². The van der Waals surface area contributed by atoms with Gasteiger partial charge in [-0.25, -0.2) is 19.5 Å². The summed E-state index contributed by atoms with van der Waals surface area (Å²) in [5, 5.41) is 2.42. The molecule has 2 amide bonds. The van der Waals surface area contributed by atoms with E-state index in [4.69, 9.17) is 0 Å². The number of sulfonamides is 1. The van der Waals surface area contributed by atoms with Crippen LogP contribution in [0, 0.1) is 13.8 Å². The Balaban J connectivity index is 0.00000225. The maximum absolute atomic E-state index is 12.5. The molecule has 2 N–H and O–H groups in total. The first kappa shape index (κ1) is 21.9. The van der Waals surface area contributed by atoms with E-state index in [9.17, 15) is 13.2 Å². The molecular formula is C19H22KN4O3S. The molecule has 28 heavy (non-hydrogen) atoms. The third-order valence-corrected chi connectivity index (χ3v) is 6.26. The molecule has 0 saturated carbocycles. The summed E-state index contributed by atoms with van der Waals surface area (Å²) >= 11 is 0. The Morgan fingerprint density at radius 1 is 0.929 bits per heavy atom. The number of amides is 2. The third-order valence-electron chi connectivity index (χ3n) is 5.14. The largest absolute Gasteiger partial charge is 0.333 e. The minimum Gasteiger partial charge on any atom is -0.307 e. The fourth-order valence-electron chi connectivity index (χ4n) is 4.09. The number of rotatable bonds is 3. The second kappa shape index (κ2) is 8.49. The molecule has 2 aliphatic rings. The van der Waals surface area contributed by atoms with E-state index < -0.39 is 21.2 Å². The van der Waals surface area contributed by atoms with Crippen molar-refractivity contribution in [1.82, 2.24) is 14.7 Å². The van der Waals surface area contributed by atoms with E-state index in [-0.39, 0.29) is 51.4 Å². The summed E-state index contributed by atoms with van der Waals surface area (Å²) in [4.78, 5) is 20.4. The number of aryl methyl sites for hydroxylation is 4. The van der Waals surface area contributed by atoms with Gasteiger partial charge in [-0.05, 0) is 80.7 Å². The Morgan fingerprint density at radius 2 is 1.46 bits per heavy atom. The van der Waals surface area contributed by atoms with Crippen molar-refractivity contribution in [3.63, 3.8) is 0 Å². The van der Waals surface area contributed by atoms with E-state index in [1.807, 2.05) is 0 Å². The van der Waals surface area contributed by atoms with Crippen LogP contribution < -0.4 is 10.0 Å². The summed E-state index contributed by atoms with van der Waals surface area (Å²) in [5.41, 5.74) is 6.69. The van der Waals surface area contributed by atoms with Gasteiger partial charge in [-0.2, -0.15) is 8.42 Å². The summed E-state index contributed by atoms with van der Waals surface area (Å²) in [5.74, 6) is 0. The van der Waals surface area contributed by atoms with Crippen LogP contribution in [0.25, 0.3) is 0 Å². The van der Waals surface area contributed by atoms with Gasteiger partial charge in [0.2, 0.25) is 0 Å². The zero-order valence-corrected chi connectivity index (χ0v) is 20.4. The molecule has 1 aromatic heterocycles. The van der Waals surface area contributed by atoms with Gasteiger partial charge in [0.25, 0.3) is 5.16 Å². The van der Waals surface area contributed by atoms with Gasteiger partial charge in [0, 0.05) is 68.5 Å². The first-order valence-electron chi connectivity index (χ1n) is 9.16. The molecule has 0 fully saturated rings. The predicted molar refractivity (Wildman–Crippen MR) is 107 cm³/mol. The number of nitrogens with zero attached hydrogens (tertiary/aromatic N) is 2. The van der Waals surface area contributed by atoms with Gasteiger partial charge in [0.15, 0.2) is 0 Å². The number of nitrogens with one attached hydrogen (secondary N) is 2. The van der Waals surface area contributed by atoms with Gasteiger partial charge in [0.05, 0.1) is 0 Å². The Morgan fingerprint density at radius 3 is 2.00 bits per heavy atom. The SMILES string of the molecule is Cc1cc(C)nc(S(=O)(=O)NC(=O)Nc2c3c(cc4c2CCC4)CCC3)n1.[K]. The molecule has 1 aromatic carbocycles. The zero-order valence-electron chi connectivity index (χ0n) is 16.4. The molecule has 0 spiro atoms. The summed E-state index contributed by atoms with van der Waals surface area (Å²) < 4.78 is 27.1. The maximum Gasteiger partial charge on any atom is 0.333 e. The fraction of sp³-hybridized carbons (Fsp3) is 0.421. The average molecular weight is 426 g/mol. The van der Waals surface area contributed by atoms with Crippen LogP contribution in [-0.2, 0) is 35.7 Å². The van der Waals surface area contributed by atoms with Crippen molar-refractivity contribution >= 4 is 73.1 Å². The van der Waals surface area contributed by atoms with Gasteiger partial charge in [-0.1, -0.05) is 6.07 Å². The monoisotopic (exact) mass is 425 g/mol. The second-order valence-electron chi connectivity index (χ2n) is 7.23. The van der Waals surface area contributed by atoms with Crippen molar-refractivity contribution in [2.75, 3.05) is 5.32 Å². The number of carbonyl (C=O) groups is 1. The summed E-state index contributed by atoms with van der Waals surface area (Å²) in [7, 11) is -4.14. The van der Waals surface area contributed by atoms with E-state index in [2.05, 4.69) is 26.1 Å². The topological polar surface area (TPSA) is 101 Å². The van der Waals surface area contributed by atoms with Crippen molar-refractivity contribution in [2.45, 2.75) is 57.5 Å². The van der Waals surface area contributed by atoms with E-state index in [0.29, 0.717) is 11.4 Å². The molecule has 143 valence electrons. The molecule has 1 radical (unpaired) electrons. The molecule has 0 saturated heterocycles. The van der Waals surface area contributed by atoms with E-state index >= 15 is 0 Å². The Kier molecular flexibility index (Phi) is 6.63. The minimum absolute atomic E-state index is 0. The van der Waals surface area contributed by atoms with Crippen LogP contribution in [0.5, 0.6) is 0 Å². The number of benzene rings is 1. The average Bonchev–Trinajstić information content (AvgIpc) is 3.22. The number of urea groups is 1. The Hall–Kier alpha value is -0.844. The number of hydrogen-bond donors (Lipinski definition) is 2. The van der Waals surface area contributed by atoms with Crippen LogP contribution in [-0.4, -0.2) is 75.8 Å². The van der Waals surface area contributed by atoms with Crippen molar-refractivity contribution < 1.29 is 13.2 Å². The normalized spacial score (nSPS) is 14.8. The zero-order chi connectivity index (χ0) is 19.2. The second-order valence-corrected chi connectivity index (χ2v) is 8.80. The van der Waals surface area contributed by atoms with E-state index in [1.54, 1.807) is 19.9 Å². The molecule has 2 aromatic rings. The summed E-state index contributed by atoms with van der Waals surface area (Å²) in [6, 6.07) is 3.16. The molecule has 0 atom stereocenters. The molecule has 7 nitrogen and oxygen atoms in total. The first-order valence-corrected chi connectivity index (χ1v) is 10.6. The Bertz CT molecular complexity index is 1000. The fourth-order valence-corrected chi connectivity index (χ4v) is 5.00. The number of fused-ring (bicyclic) bond motifs is 2. The molecular weight excluding hydrogens is 403 g/mol. The van der Waals surface area contributed by atoms with Crippen LogP contribution in [0.15, 0.2) is 17.3 Å². The molecule has 9 heteroatoms. The van der Waals surface area contributed by atoms with E-state index in [0.717, 1.165) is 55.3 Å². The van der Waals surface area contributed by atoms with Crippen LogP contribution in [0.2, 0.25) is 0 Å². The number of hydrogen-bond acceptors (Lipinski definition) is 5. The van der Waals surface area contributed by atoms with Crippen LogP contribution in [0.3, 0.4) is 0 Å². The number of aromatic nitrogens is 2. The van der Waals surface area contributed by atoms with Crippen molar-refractivity contribution in [3.8, 4) is 0 Å². The van der Waals surface area contributed by atoms with Gasteiger partial charge in [0.1, 0.15) is 0 Å². The number of anilines is 1. The molecule has 0 aliphatic heterocycles. The molecule has 0 bridgehead atoms. The molecule has 1 heterocycles. The van der Waals surface area contributed by atoms with Crippen LogP contribution in [0.1, 0.15) is 46.5 Å². The van der Waals surface area contributed by atoms with Crippen LogP contribution in [0.4, 0.5) is 10.5 Å². The van der Waals surface area contributed by atoms with Crippen molar-refractivity contribution in [3.05, 3.63) is 45.8 Å². The molecule has 4 rings (SSSR count). The number of carbonyl (C=O) groups excluding carboxylic acids is 1.